The molecule has 1 aromatic carbocycles. The zero-order valence-corrected chi connectivity index (χ0v) is 13.9. The Kier molecular flexibility index (Phi) is 4.47. The average Bonchev–Trinajstić information content (AvgIpc) is 2.49. The lowest BCUT2D eigenvalue weighted by molar-refractivity contribution is -0.122. The number of nitrogens with zero attached hydrogens (tertiary/aromatic N) is 1. The van der Waals surface area contributed by atoms with E-state index >= 15 is 0 Å². The van der Waals surface area contributed by atoms with Gasteiger partial charge in [0.1, 0.15) is 11.8 Å². The summed E-state index contributed by atoms with van der Waals surface area (Å²) in [6.45, 7) is 8.26. The van der Waals surface area contributed by atoms with Gasteiger partial charge in [-0.15, -0.1) is 0 Å². The van der Waals surface area contributed by atoms with Gasteiger partial charge in [-0.25, -0.2) is 5.84 Å². The van der Waals surface area contributed by atoms with Crippen molar-refractivity contribution in [3.05, 3.63) is 29.8 Å². The standard InChI is InChI=1S/C17H25N3O2/c1-6-13(16(21)19-18)20-15-12(8-7-9-14(15)22-5)11(2)10-17(20,3)4/h7-10,13H,6,18H2,1-5H3,(H,19,21). The molecule has 5 heteroatoms. The van der Waals surface area contributed by atoms with Crippen molar-refractivity contribution in [1.29, 1.82) is 0 Å². The molecule has 0 aromatic heterocycles. The number of amides is 1. The molecule has 0 fully saturated rings. The molecule has 0 saturated heterocycles. The summed E-state index contributed by atoms with van der Waals surface area (Å²) >= 11 is 0. The first kappa shape index (κ1) is 16.4. The smallest absolute Gasteiger partial charge is 0.256 e. The molecule has 0 saturated carbocycles. The Bertz CT molecular complexity index is 608. The van der Waals surface area contributed by atoms with Gasteiger partial charge in [0, 0.05) is 5.56 Å². The van der Waals surface area contributed by atoms with Crippen LogP contribution in [-0.4, -0.2) is 24.6 Å². The van der Waals surface area contributed by atoms with E-state index in [0.29, 0.717) is 6.42 Å². The van der Waals surface area contributed by atoms with E-state index in [4.69, 9.17) is 10.6 Å². The first-order valence-electron chi connectivity index (χ1n) is 7.54. The average molecular weight is 303 g/mol. The number of carbonyl (C=O) groups is 1. The maximum Gasteiger partial charge on any atom is 0.256 e. The van der Waals surface area contributed by atoms with E-state index in [9.17, 15) is 4.79 Å². The van der Waals surface area contributed by atoms with Crippen molar-refractivity contribution in [3.63, 3.8) is 0 Å². The highest BCUT2D eigenvalue weighted by Gasteiger charge is 2.39. The van der Waals surface area contributed by atoms with Crippen LogP contribution < -0.4 is 20.9 Å². The van der Waals surface area contributed by atoms with Crippen molar-refractivity contribution in [1.82, 2.24) is 5.43 Å². The van der Waals surface area contributed by atoms with Gasteiger partial charge in [0.2, 0.25) is 0 Å². The summed E-state index contributed by atoms with van der Waals surface area (Å²) in [5, 5.41) is 0. The molecule has 1 aromatic rings. The predicted molar refractivity (Wildman–Crippen MR) is 89.6 cm³/mol. The SMILES string of the molecule is CCC(C(=O)NN)N1c2c(OC)cccc2C(C)=CC1(C)C. The number of hydrogen-bond donors (Lipinski definition) is 2. The number of allylic oxidation sites excluding steroid dienone is 1. The normalized spacial score (nSPS) is 17.4. The summed E-state index contributed by atoms with van der Waals surface area (Å²) in [5.41, 5.74) is 5.18. The molecular weight excluding hydrogens is 278 g/mol. The predicted octanol–water partition coefficient (Wildman–Crippen LogP) is 2.47. The van der Waals surface area contributed by atoms with Crippen molar-refractivity contribution in [2.75, 3.05) is 12.0 Å². The van der Waals surface area contributed by atoms with Gasteiger partial charge in [-0.1, -0.05) is 25.1 Å². The van der Waals surface area contributed by atoms with Crippen LogP contribution in [0.15, 0.2) is 24.3 Å². The highest BCUT2D eigenvalue weighted by atomic mass is 16.5. The molecule has 22 heavy (non-hydrogen) atoms. The van der Waals surface area contributed by atoms with E-state index in [1.54, 1.807) is 7.11 Å². The molecule has 1 atom stereocenters. The largest absolute Gasteiger partial charge is 0.495 e. The van der Waals surface area contributed by atoms with Gasteiger partial charge in [0.15, 0.2) is 0 Å². The van der Waals surface area contributed by atoms with Crippen molar-refractivity contribution in [3.8, 4) is 5.75 Å². The zero-order chi connectivity index (χ0) is 16.5. The Hall–Kier alpha value is -2.01. The van der Waals surface area contributed by atoms with Crippen LogP contribution in [0.25, 0.3) is 5.57 Å². The number of methoxy groups -OCH3 is 1. The summed E-state index contributed by atoms with van der Waals surface area (Å²) in [6, 6.07) is 5.58. The third-order valence-electron chi connectivity index (χ3n) is 4.22. The van der Waals surface area contributed by atoms with E-state index in [0.717, 1.165) is 17.0 Å². The summed E-state index contributed by atoms with van der Waals surface area (Å²) in [5.74, 6) is 5.96. The van der Waals surface area contributed by atoms with E-state index in [2.05, 4.69) is 43.2 Å². The number of benzene rings is 1. The molecule has 1 unspecified atom stereocenters. The number of hydrogen-bond acceptors (Lipinski definition) is 4. The van der Waals surface area contributed by atoms with Gasteiger partial charge < -0.3 is 9.64 Å². The van der Waals surface area contributed by atoms with Crippen LogP contribution in [0.1, 0.15) is 39.7 Å². The number of fused-ring (bicyclic) bond motifs is 1. The number of carbonyl (C=O) groups excluding carboxylic acids is 1. The third kappa shape index (κ3) is 2.57. The quantitative estimate of drug-likeness (QED) is 0.509. The lowest BCUT2D eigenvalue weighted by atomic mass is 9.86. The molecule has 1 aliphatic rings. The van der Waals surface area contributed by atoms with Crippen LogP contribution in [-0.2, 0) is 4.79 Å². The molecule has 120 valence electrons. The maximum atomic E-state index is 12.3. The molecule has 3 N–H and O–H groups in total. The number of para-hydroxylation sites is 1. The fourth-order valence-electron chi connectivity index (χ4n) is 3.36. The number of anilines is 1. The van der Waals surface area contributed by atoms with Gasteiger partial charge in [0.05, 0.1) is 18.3 Å². The molecule has 5 nitrogen and oxygen atoms in total. The molecule has 0 radical (unpaired) electrons. The second-order valence-electron chi connectivity index (χ2n) is 6.14. The molecule has 2 rings (SSSR count). The first-order valence-corrected chi connectivity index (χ1v) is 7.54. The van der Waals surface area contributed by atoms with Gasteiger partial charge in [-0.05, 0) is 38.8 Å². The molecule has 0 spiro atoms. The first-order chi connectivity index (χ1) is 10.4. The summed E-state index contributed by atoms with van der Waals surface area (Å²) in [7, 11) is 1.65. The van der Waals surface area contributed by atoms with Gasteiger partial charge in [-0.3, -0.25) is 10.2 Å². The minimum atomic E-state index is -0.362. The highest BCUT2D eigenvalue weighted by Crippen LogP contribution is 2.45. The van der Waals surface area contributed by atoms with E-state index < -0.39 is 0 Å². The molecule has 1 heterocycles. The Morgan fingerprint density at radius 2 is 2.14 bits per heavy atom. The fraction of sp³-hybridized carbons (Fsp3) is 0.471. The van der Waals surface area contributed by atoms with Gasteiger partial charge in [0.25, 0.3) is 5.91 Å². The molecule has 0 aliphatic carbocycles. The van der Waals surface area contributed by atoms with Crippen molar-refractivity contribution < 1.29 is 9.53 Å². The Labute approximate surface area is 132 Å². The second-order valence-corrected chi connectivity index (χ2v) is 6.14. The molecule has 0 bridgehead atoms. The minimum absolute atomic E-state index is 0.194. The van der Waals surface area contributed by atoms with Crippen LogP contribution in [0.5, 0.6) is 5.75 Å². The van der Waals surface area contributed by atoms with Crippen LogP contribution in [0.2, 0.25) is 0 Å². The Balaban J connectivity index is 2.70. The second kappa shape index (κ2) is 6.01. The number of nitrogens with two attached hydrogens (primary N) is 1. The highest BCUT2D eigenvalue weighted by molar-refractivity contribution is 5.91. The number of hydrazine groups is 1. The third-order valence-corrected chi connectivity index (χ3v) is 4.22. The van der Waals surface area contributed by atoms with Crippen LogP contribution >= 0.6 is 0 Å². The monoisotopic (exact) mass is 303 g/mol. The van der Waals surface area contributed by atoms with E-state index in [1.807, 2.05) is 19.1 Å². The summed E-state index contributed by atoms with van der Waals surface area (Å²) in [4.78, 5) is 14.4. The van der Waals surface area contributed by atoms with Gasteiger partial charge in [-0.2, -0.15) is 0 Å². The fourth-order valence-corrected chi connectivity index (χ4v) is 3.36. The molecule has 1 aliphatic heterocycles. The van der Waals surface area contributed by atoms with Crippen LogP contribution in [0.3, 0.4) is 0 Å². The summed E-state index contributed by atoms with van der Waals surface area (Å²) < 4.78 is 5.56. The van der Waals surface area contributed by atoms with Crippen molar-refractivity contribution in [2.24, 2.45) is 5.84 Å². The van der Waals surface area contributed by atoms with E-state index in [1.165, 1.54) is 5.57 Å². The van der Waals surface area contributed by atoms with Crippen LogP contribution in [0.4, 0.5) is 5.69 Å². The zero-order valence-electron chi connectivity index (χ0n) is 13.9. The lowest BCUT2D eigenvalue weighted by Crippen LogP contribution is -2.57. The molecule has 1 amide bonds. The number of ether oxygens (including phenoxy) is 1. The van der Waals surface area contributed by atoms with Gasteiger partial charge >= 0.3 is 0 Å². The molecular formula is C17H25N3O2. The topological polar surface area (TPSA) is 67.6 Å². The maximum absolute atomic E-state index is 12.3. The Morgan fingerprint density at radius 1 is 1.45 bits per heavy atom. The lowest BCUT2D eigenvalue weighted by Gasteiger charge is -2.47. The number of rotatable bonds is 4. The van der Waals surface area contributed by atoms with Crippen molar-refractivity contribution >= 4 is 17.2 Å². The van der Waals surface area contributed by atoms with Crippen molar-refractivity contribution in [2.45, 2.75) is 45.7 Å². The number of nitrogens with one attached hydrogen (secondary N) is 1. The van der Waals surface area contributed by atoms with E-state index in [-0.39, 0.29) is 17.5 Å². The van der Waals surface area contributed by atoms with Crippen LogP contribution in [0, 0.1) is 0 Å². The minimum Gasteiger partial charge on any atom is -0.495 e. The Morgan fingerprint density at radius 3 is 2.68 bits per heavy atom. The summed E-state index contributed by atoms with van der Waals surface area (Å²) in [6.07, 6.45) is 2.83.